The molecule has 0 saturated carbocycles. The maximum absolute atomic E-state index is 13.7. The first-order valence-electron chi connectivity index (χ1n) is 10.6. The van der Waals surface area contributed by atoms with E-state index in [1.54, 1.807) is 0 Å². The van der Waals surface area contributed by atoms with E-state index in [1.165, 1.54) is 0 Å². The molecule has 1 atom stereocenters. The molecule has 1 heterocycles. The van der Waals surface area contributed by atoms with Gasteiger partial charge in [-0.05, 0) is 48.5 Å². The standard InChI is InChI=1S/C28H23NO2P/c1-28(27(30)31-26(29-28)22-14-6-2-7-15-22)32(23-16-8-3-9-17-23,24-18-10-4-11-19-24)25-20-12-5-13-21-25/h2-21H,1H3/q+1. The van der Waals surface area contributed by atoms with Crippen molar-refractivity contribution in [1.29, 1.82) is 0 Å². The Balaban J connectivity index is 1.87. The van der Waals surface area contributed by atoms with Gasteiger partial charge in [0, 0.05) is 12.5 Å². The average molecular weight is 436 g/mol. The Morgan fingerprint density at radius 2 is 1.00 bits per heavy atom. The number of carbonyl (C=O) groups is 1. The van der Waals surface area contributed by atoms with E-state index in [-0.39, 0.29) is 5.97 Å². The molecule has 4 aromatic rings. The lowest BCUT2D eigenvalue weighted by Gasteiger charge is -2.35. The molecular formula is C28H23NO2P+. The highest BCUT2D eigenvalue weighted by molar-refractivity contribution is 7.97. The molecule has 0 amide bonds. The lowest BCUT2D eigenvalue weighted by molar-refractivity contribution is -0.135. The molecule has 0 N–H and O–H groups in total. The summed E-state index contributed by atoms with van der Waals surface area (Å²) in [6.45, 7) is 1.94. The molecule has 3 nitrogen and oxygen atoms in total. The summed E-state index contributed by atoms with van der Waals surface area (Å²) in [5.74, 6) is 0.0616. The molecule has 0 aliphatic carbocycles. The van der Waals surface area contributed by atoms with Gasteiger partial charge in [-0.25, -0.2) is 4.79 Å². The molecule has 32 heavy (non-hydrogen) atoms. The molecule has 1 unspecified atom stereocenters. The van der Waals surface area contributed by atoms with E-state index in [0.29, 0.717) is 5.90 Å². The number of hydrogen-bond donors (Lipinski definition) is 0. The van der Waals surface area contributed by atoms with Gasteiger partial charge in [0.2, 0.25) is 5.90 Å². The number of carbonyl (C=O) groups excluding carboxylic acids is 1. The number of nitrogens with zero attached hydrogens (tertiary/aromatic N) is 1. The van der Waals surface area contributed by atoms with E-state index in [2.05, 4.69) is 36.4 Å². The van der Waals surface area contributed by atoms with E-state index >= 15 is 0 Å². The fraction of sp³-hybridized carbons (Fsp3) is 0.0714. The van der Waals surface area contributed by atoms with Gasteiger partial charge in [0.15, 0.2) is 7.26 Å². The number of ether oxygens (including phenoxy) is 1. The third-order valence-corrected chi connectivity index (χ3v) is 10.8. The van der Waals surface area contributed by atoms with Crippen molar-refractivity contribution in [1.82, 2.24) is 0 Å². The summed E-state index contributed by atoms with van der Waals surface area (Å²) in [6, 6.07) is 40.5. The molecule has 1 aliphatic rings. The van der Waals surface area contributed by atoms with Crippen LogP contribution in [-0.4, -0.2) is 17.1 Å². The first-order chi connectivity index (χ1) is 15.7. The van der Waals surface area contributed by atoms with Crippen LogP contribution in [0.15, 0.2) is 126 Å². The number of hydrogen-bond acceptors (Lipinski definition) is 3. The van der Waals surface area contributed by atoms with Crippen molar-refractivity contribution in [2.45, 2.75) is 12.2 Å². The number of benzene rings is 4. The first-order valence-corrected chi connectivity index (χ1v) is 12.4. The highest BCUT2D eigenvalue weighted by Gasteiger charge is 2.68. The van der Waals surface area contributed by atoms with Crippen molar-refractivity contribution in [2.75, 3.05) is 0 Å². The zero-order chi connectivity index (χ0) is 22.0. The van der Waals surface area contributed by atoms with E-state index < -0.39 is 12.5 Å². The second-order valence-electron chi connectivity index (χ2n) is 7.87. The van der Waals surface area contributed by atoms with Crippen LogP contribution in [0.4, 0.5) is 0 Å². The molecule has 1 aliphatic heterocycles. The average Bonchev–Trinajstić information content (AvgIpc) is 3.17. The normalized spacial score (nSPS) is 18.2. The molecule has 4 heteroatoms. The quantitative estimate of drug-likeness (QED) is 0.336. The minimum Gasteiger partial charge on any atom is -0.402 e. The molecule has 0 fully saturated rings. The van der Waals surface area contributed by atoms with Crippen molar-refractivity contribution >= 4 is 35.0 Å². The van der Waals surface area contributed by atoms with Crippen molar-refractivity contribution in [3.8, 4) is 0 Å². The van der Waals surface area contributed by atoms with Crippen LogP contribution >= 0.6 is 7.26 Å². The summed E-state index contributed by atoms with van der Waals surface area (Å²) in [5, 5.41) is 2.17. The van der Waals surface area contributed by atoms with Crippen LogP contribution in [0.1, 0.15) is 12.5 Å². The van der Waals surface area contributed by atoms with Gasteiger partial charge in [-0.15, -0.1) is 0 Å². The monoisotopic (exact) mass is 436 g/mol. The topological polar surface area (TPSA) is 38.7 Å². The Morgan fingerprint density at radius 1 is 0.625 bits per heavy atom. The Bertz CT molecular complexity index is 1160. The summed E-state index contributed by atoms with van der Waals surface area (Å²) in [5.41, 5.74) is 0.803. The molecule has 0 saturated heterocycles. The minimum absolute atomic E-state index is 0.318. The minimum atomic E-state index is -2.59. The molecule has 0 bridgehead atoms. The summed E-state index contributed by atoms with van der Waals surface area (Å²) >= 11 is 0. The zero-order valence-electron chi connectivity index (χ0n) is 17.8. The van der Waals surface area contributed by atoms with Gasteiger partial charge in [-0.3, -0.25) is 0 Å². The second-order valence-corrected chi connectivity index (χ2v) is 11.6. The van der Waals surface area contributed by atoms with E-state index in [0.717, 1.165) is 21.5 Å². The first kappa shape index (κ1) is 20.4. The number of aliphatic imine (C=N–C) groups is 1. The molecule has 4 aromatic carbocycles. The van der Waals surface area contributed by atoms with Crippen LogP contribution in [0.25, 0.3) is 0 Å². The molecular weight excluding hydrogens is 413 g/mol. The predicted molar refractivity (Wildman–Crippen MR) is 133 cm³/mol. The van der Waals surface area contributed by atoms with Gasteiger partial charge in [0.1, 0.15) is 15.9 Å². The van der Waals surface area contributed by atoms with E-state index in [9.17, 15) is 4.79 Å². The number of cyclic esters (lactones) is 1. The van der Waals surface area contributed by atoms with Crippen LogP contribution in [-0.2, 0) is 9.53 Å². The second kappa shape index (κ2) is 8.18. The lowest BCUT2D eigenvalue weighted by atomic mass is 10.2. The van der Waals surface area contributed by atoms with Gasteiger partial charge in [-0.1, -0.05) is 72.8 Å². The Labute approximate surface area is 188 Å². The summed E-state index contributed by atoms with van der Waals surface area (Å²) in [6.07, 6.45) is 0. The SMILES string of the molecule is CC1([P+](c2ccccc2)(c2ccccc2)c2ccccc2)N=C(c2ccccc2)OC1=O. The van der Waals surface area contributed by atoms with Crippen LogP contribution in [0.5, 0.6) is 0 Å². The highest BCUT2D eigenvalue weighted by atomic mass is 31.2. The summed E-state index contributed by atoms with van der Waals surface area (Å²) in [4.78, 5) is 18.8. The third kappa shape index (κ3) is 3.09. The van der Waals surface area contributed by atoms with E-state index in [4.69, 9.17) is 9.73 Å². The molecule has 0 spiro atoms. The van der Waals surface area contributed by atoms with Gasteiger partial charge in [0.25, 0.3) is 5.28 Å². The summed E-state index contributed by atoms with van der Waals surface area (Å²) in [7, 11) is -2.59. The fourth-order valence-corrected chi connectivity index (χ4v) is 9.34. The lowest BCUT2D eigenvalue weighted by Crippen LogP contribution is -2.48. The zero-order valence-corrected chi connectivity index (χ0v) is 18.7. The largest absolute Gasteiger partial charge is 0.402 e. The van der Waals surface area contributed by atoms with Crippen molar-refractivity contribution in [3.63, 3.8) is 0 Å². The molecule has 0 radical (unpaired) electrons. The molecule has 0 aromatic heterocycles. The predicted octanol–water partition coefficient (Wildman–Crippen LogP) is 4.70. The maximum Gasteiger partial charge on any atom is 0.381 e. The van der Waals surface area contributed by atoms with Crippen LogP contribution in [0, 0.1) is 0 Å². The van der Waals surface area contributed by atoms with E-state index in [1.807, 2.05) is 91.9 Å². The van der Waals surface area contributed by atoms with Gasteiger partial charge >= 0.3 is 5.97 Å². The van der Waals surface area contributed by atoms with Crippen LogP contribution in [0.2, 0.25) is 0 Å². The fourth-order valence-electron chi connectivity index (χ4n) is 4.52. The van der Waals surface area contributed by atoms with Crippen LogP contribution in [0.3, 0.4) is 0 Å². The molecule has 5 rings (SSSR count). The Hall–Kier alpha value is -3.55. The van der Waals surface area contributed by atoms with Gasteiger partial charge in [-0.2, -0.15) is 4.99 Å². The molecule has 156 valence electrons. The Morgan fingerprint density at radius 3 is 1.41 bits per heavy atom. The third-order valence-electron chi connectivity index (χ3n) is 6.00. The highest BCUT2D eigenvalue weighted by Crippen LogP contribution is 2.67. The maximum atomic E-state index is 13.7. The van der Waals surface area contributed by atoms with Crippen molar-refractivity contribution in [3.05, 3.63) is 127 Å². The number of esters is 1. The van der Waals surface area contributed by atoms with Crippen LogP contribution < -0.4 is 15.9 Å². The Kier molecular flexibility index (Phi) is 5.20. The van der Waals surface area contributed by atoms with Crippen molar-refractivity contribution in [2.24, 2.45) is 4.99 Å². The van der Waals surface area contributed by atoms with Gasteiger partial charge in [0.05, 0.1) is 0 Å². The number of rotatable bonds is 5. The van der Waals surface area contributed by atoms with Gasteiger partial charge < -0.3 is 4.74 Å². The summed E-state index contributed by atoms with van der Waals surface area (Å²) < 4.78 is 5.87. The van der Waals surface area contributed by atoms with Crippen molar-refractivity contribution < 1.29 is 9.53 Å². The smallest absolute Gasteiger partial charge is 0.381 e.